The molecule has 0 saturated heterocycles. The Labute approximate surface area is 121 Å². The lowest BCUT2D eigenvalue weighted by molar-refractivity contribution is 0.197. The van der Waals surface area contributed by atoms with E-state index in [9.17, 15) is 0 Å². The third kappa shape index (κ3) is 4.36. The lowest BCUT2D eigenvalue weighted by Crippen LogP contribution is -2.22. The Bertz CT molecular complexity index is 274. The van der Waals surface area contributed by atoms with Crippen molar-refractivity contribution in [3.8, 4) is 0 Å². The molecule has 0 heterocycles. The summed E-state index contributed by atoms with van der Waals surface area (Å²) in [5.41, 5.74) is 0. The zero-order valence-electron chi connectivity index (χ0n) is 13.4. The second-order valence-corrected chi connectivity index (χ2v) is 7.38. The van der Waals surface area contributed by atoms with Gasteiger partial charge in [-0.05, 0) is 55.3 Å². The van der Waals surface area contributed by atoms with Crippen LogP contribution in [-0.4, -0.2) is 0 Å². The van der Waals surface area contributed by atoms with Crippen molar-refractivity contribution in [3.05, 3.63) is 12.2 Å². The maximum absolute atomic E-state index is 2.53. The highest BCUT2D eigenvalue weighted by Crippen LogP contribution is 2.38. The van der Waals surface area contributed by atoms with Crippen molar-refractivity contribution in [2.45, 2.75) is 78.6 Å². The molecule has 1 fully saturated rings. The summed E-state index contributed by atoms with van der Waals surface area (Å²) in [6, 6.07) is 0. The van der Waals surface area contributed by atoms with Crippen LogP contribution in [0, 0.1) is 29.6 Å². The molecule has 1 saturated carbocycles. The first kappa shape index (κ1) is 15.1. The molecule has 0 aromatic carbocycles. The van der Waals surface area contributed by atoms with Gasteiger partial charge in [0.2, 0.25) is 0 Å². The van der Waals surface area contributed by atoms with Crippen molar-refractivity contribution >= 4 is 0 Å². The van der Waals surface area contributed by atoms with E-state index in [0.717, 1.165) is 29.6 Å². The van der Waals surface area contributed by atoms with E-state index in [1.165, 1.54) is 57.8 Å². The molecule has 4 atom stereocenters. The Hall–Kier alpha value is -0.260. The molecule has 110 valence electrons. The van der Waals surface area contributed by atoms with E-state index < -0.39 is 0 Å². The fourth-order valence-electron chi connectivity index (χ4n) is 4.13. The van der Waals surface area contributed by atoms with E-state index >= 15 is 0 Å². The Morgan fingerprint density at radius 1 is 0.947 bits per heavy atom. The van der Waals surface area contributed by atoms with Crippen LogP contribution in [0.15, 0.2) is 12.2 Å². The van der Waals surface area contributed by atoms with Gasteiger partial charge in [-0.15, -0.1) is 0 Å². The average molecular weight is 262 g/mol. The van der Waals surface area contributed by atoms with E-state index in [1.54, 1.807) is 0 Å². The molecule has 0 aliphatic heterocycles. The Balaban J connectivity index is 1.94. The zero-order chi connectivity index (χ0) is 13.7. The summed E-state index contributed by atoms with van der Waals surface area (Å²) in [4.78, 5) is 0. The lowest BCUT2D eigenvalue weighted by Gasteiger charge is -2.33. The van der Waals surface area contributed by atoms with E-state index in [-0.39, 0.29) is 0 Å². The molecule has 0 nitrogen and oxygen atoms in total. The first-order chi connectivity index (χ1) is 9.20. The van der Waals surface area contributed by atoms with Gasteiger partial charge in [-0.1, -0.05) is 65.0 Å². The van der Waals surface area contributed by atoms with E-state index in [0.29, 0.717) is 0 Å². The number of hydrogen-bond donors (Lipinski definition) is 0. The van der Waals surface area contributed by atoms with Crippen LogP contribution in [-0.2, 0) is 0 Å². The van der Waals surface area contributed by atoms with Gasteiger partial charge in [0, 0.05) is 0 Å². The van der Waals surface area contributed by atoms with Gasteiger partial charge >= 0.3 is 0 Å². The average Bonchev–Trinajstić information content (AvgIpc) is 2.35. The van der Waals surface area contributed by atoms with Crippen LogP contribution in [0.5, 0.6) is 0 Å². The van der Waals surface area contributed by atoms with Crippen molar-refractivity contribution in [1.29, 1.82) is 0 Å². The number of rotatable bonds is 3. The highest BCUT2D eigenvalue weighted by molar-refractivity contribution is 4.92. The SMILES string of the molecule is CCC1CCC=CC(C)C(CC2CCC2)CCC1C. The van der Waals surface area contributed by atoms with Gasteiger partial charge < -0.3 is 0 Å². The van der Waals surface area contributed by atoms with Crippen molar-refractivity contribution in [3.63, 3.8) is 0 Å². The highest BCUT2D eigenvalue weighted by atomic mass is 14.3. The summed E-state index contributed by atoms with van der Waals surface area (Å²) in [6.45, 7) is 7.35. The predicted octanol–water partition coefficient (Wildman–Crippen LogP) is 6.22. The van der Waals surface area contributed by atoms with Gasteiger partial charge in [-0.25, -0.2) is 0 Å². The summed E-state index contributed by atoms with van der Waals surface area (Å²) in [7, 11) is 0. The number of hydrogen-bond acceptors (Lipinski definition) is 0. The lowest BCUT2D eigenvalue weighted by atomic mass is 9.72. The standard InChI is InChI=1S/C19H34/c1-4-18-11-6-5-8-15(2)19(13-12-16(18)3)14-17-9-7-10-17/h5,8,15-19H,4,6-7,9-14H2,1-3H3. The maximum atomic E-state index is 2.53. The fourth-order valence-corrected chi connectivity index (χ4v) is 4.13. The third-order valence-electron chi connectivity index (χ3n) is 6.07. The molecule has 0 heteroatoms. The summed E-state index contributed by atoms with van der Waals surface area (Å²) in [5.74, 6) is 4.74. The normalized spacial score (nSPS) is 37.8. The summed E-state index contributed by atoms with van der Waals surface area (Å²) < 4.78 is 0. The van der Waals surface area contributed by atoms with Gasteiger partial charge in [-0.2, -0.15) is 0 Å². The smallest absolute Gasteiger partial charge is 0.0233 e. The molecule has 2 rings (SSSR count). The van der Waals surface area contributed by atoms with Crippen molar-refractivity contribution in [2.24, 2.45) is 29.6 Å². The molecule has 0 aromatic rings. The van der Waals surface area contributed by atoms with Gasteiger partial charge in [0.25, 0.3) is 0 Å². The van der Waals surface area contributed by atoms with Gasteiger partial charge in [0.1, 0.15) is 0 Å². The Morgan fingerprint density at radius 3 is 2.37 bits per heavy atom. The molecular formula is C19H34. The van der Waals surface area contributed by atoms with Crippen LogP contribution in [0.1, 0.15) is 78.6 Å². The molecule has 0 aromatic heterocycles. The minimum absolute atomic E-state index is 0.811. The van der Waals surface area contributed by atoms with E-state index in [1.807, 2.05) is 0 Å². The van der Waals surface area contributed by atoms with Gasteiger partial charge in [-0.3, -0.25) is 0 Å². The van der Waals surface area contributed by atoms with Crippen LogP contribution >= 0.6 is 0 Å². The van der Waals surface area contributed by atoms with Gasteiger partial charge in [0.05, 0.1) is 0 Å². The quantitative estimate of drug-likeness (QED) is 0.529. The monoisotopic (exact) mass is 262 g/mol. The molecule has 0 bridgehead atoms. The third-order valence-corrected chi connectivity index (χ3v) is 6.07. The topological polar surface area (TPSA) is 0 Å². The second kappa shape index (κ2) is 7.50. The first-order valence-corrected chi connectivity index (χ1v) is 8.87. The minimum Gasteiger partial charge on any atom is -0.0882 e. The van der Waals surface area contributed by atoms with Crippen LogP contribution in [0.3, 0.4) is 0 Å². The predicted molar refractivity (Wildman–Crippen MR) is 85.2 cm³/mol. The number of allylic oxidation sites excluding steroid dienone is 2. The fraction of sp³-hybridized carbons (Fsp3) is 0.895. The van der Waals surface area contributed by atoms with Crippen LogP contribution in [0.2, 0.25) is 0 Å². The van der Waals surface area contributed by atoms with E-state index in [4.69, 9.17) is 0 Å². The largest absolute Gasteiger partial charge is 0.0882 e. The molecule has 19 heavy (non-hydrogen) atoms. The second-order valence-electron chi connectivity index (χ2n) is 7.38. The Morgan fingerprint density at radius 2 is 1.74 bits per heavy atom. The molecular weight excluding hydrogens is 228 g/mol. The molecule has 2 aliphatic carbocycles. The molecule has 2 aliphatic rings. The van der Waals surface area contributed by atoms with Crippen LogP contribution in [0.4, 0.5) is 0 Å². The first-order valence-electron chi connectivity index (χ1n) is 8.87. The highest BCUT2D eigenvalue weighted by Gasteiger charge is 2.26. The van der Waals surface area contributed by atoms with Crippen LogP contribution < -0.4 is 0 Å². The van der Waals surface area contributed by atoms with Crippen molar-refractivity contribution < 1.29 is 0 Å². The summed E-state index contributed by atoms with van der Waals surface area (Å²) in [5, 5.41) is 0. The maximum Gasteiger partial charge on any atom is -0.0233 e. The summed E-state index contributed by atoms with van der Waals surface area (Å²) in [6.07, 6.45) is 18.1. The minimum atomic E-state index is 0.811. The molecule has 0 N–H and O–H groups in total. The molecule has 0 spiro atoms. The molecule has 4 unspecified atom stereocenters. The van der Waals surface area contributed by atoms with Crippen molar-refractivity contribution in [2.75, 3.05) is 0 Å². The van der Waals surface area contributed by atoms with E-state index in [2.05, 4.69) is 32.9 Å². The summed E-state index contributed by atoms with van der Waals surface area (Å²) >= 11 is 0. The van der Waals surface area contributed by atoms with Gasteiger partial charge in [0.15, 0.2) is 0 Å². The molecule has 0 amide bonds. The molecule has 0 radical (unpaired) electrons. The van der Waals surface area contributed by atoms with Crippen molar-refractivity contribution in [1.82, 2.24) is 0 Å². The van der Waals surface area contributed by atoms with Crippen LogP contribution in [0.25, 0.3) is 0 Å². The zero-order valence-corrected chi connectivity index (χ0v) is 13.4. The Kier molecular flexibility index (Phi) is 5.98.